The van der Waals surface area contributed by atoms with Crippen LogP contribution in [0.3, 0.4) is 0 Å². The van der Waals surface area contributed by atoms with Crippen molar-refractivity contribution in [1.29, 1.82) is 0 Å². The summed E-state index contributed by atoms with van der Waals surface area (Å²) < 4.78 is 49.0. The highest BCUT2D eigenvalue weighted by molar-refractivity contribution is 6.04. The predicted octanol–water partition coefficient (Wildman–Crippen LogP) is 4.49. The van der Waals surface area contributed by atoms with Gasteiger partial charge in [-0.25, -0.2) is 0 Å². The summed E-state index contributed by atoms with van der Waals surface area (Å²) in [5.74, 6) is 1.01. The van der Waals surface area contributed by atoms with E-state index in [4.69, 9.17) is 9.47 Å². The molecule has 4 rings (SSSR count). The van der Waals surface area contributed by atoms with Crippen LogP contribution in [0.2, 0.25) is 0 Å². The third-order valence-corrected chi connectivity index (χ3v) is 8.12. The molecule has 7 nitrogen and oxygen atoms in total. The van der Waals surface area contributed by atoms with Gasteiger partial charge < -0.3 is 29.5 Å². The van der Waals surface area contributed by atoms with Crippen LogP contribution in [0.4, 0.5) is 13.2 Å². The van der Waals surface area contributed by atoms with Crippen molar-refractivity contribution in [3.05, 3.63) is 71.4 Å². The fourth-order valence-corrected chi connectivity index (χ4v) is 5.46. The zero-order valence-corrected chi connectivity index (χ0v) is 22.9. The second-order valence-corrected chi connectivity index (χ2v) is 10.6. The molecule has 2 heterocycles. The predicted molar refractivity (Wildman–Crippen MR) is 145 cm³/mol. The zero-order valence-electron chi connectivity index (χ0n) is 22.9. The molecule has 40 heavy (non-hydrogen) atoms. The van der Waals surface area contributed by atoms with E-state index in [1.54, 1.807) is 36.5 Å². The summed E-state index contributed by atoms with van der Waals surface area (Å²) in [5, 5.41) is 22.1. The topological polar surface area (TPSA) is 82.5 Å². The number of aliphatic hydroxyl groups excluding tert-OH is 1. The molecule has 0 aliphatic carbocycles. The van der Waals surface area contributed by atoms with Crippen LogP contribution in [0, 0.1) is 0 Å². The molecular weight excluding hydrogens is 525 g/mol. The van der Waals surface area contributed by atoms with E-state index in [9.17, 15) is 28.2 Å². The molecule has 2 N–H and O–H groups in total. The lowest BCUT2D eigenvalue weighted by Crippen LogP contribution is -2.54. The zero-order chi connectivity index (χ0) is 28.9. The highest BCUT2D eigenvalue weighted by Gasteiger charge is 2.39. The molecule has 218 valence electrons. The van der Waals surface area contributed by atoms with E-state index < -0.39 is 23.4 Å². The highest BCUT2D eigenvalue weighted by Crippen LogP contribution is 2.34. The number of hydrogen-bond donors (Lipinski definition) is 2. The van der Waals surface area contributed by atoms with Crippen LogP contribution in [0.25, 0.3) is 0 Å². The van der Waals surface area contributed by atoms with Crippen LogP contribution in [0.15, 0.2) is 54.7 Å². The van der Waals surface area contributed by atoms with Crippen molar-refractivity contribution in [2.24, 2.45) is 0 Å². The first-order valence-corrected chi connectivity index (χ1v) is 13.5. The Balaban J connectivity index is 1.23. The Labute approximate surface area is 232 Å². The maximum Gasteiger partial charge on any atom is 0.416 e. The molecule has 0 radical (unpaired) electrons. The fraction of sp³-hybridized carbons (Fsp3) is 0.500. The minimum Gasteiger partial charge on any atom is -0.493 e. The summed E-state index contributed by atoms with van der Waals surface area (Å²) in [5.41, 5.74) is -0.491. The number of ketones is 1. The first-order valence-electron chi connectivity index (χ1n) is 13.5. The van der Waals surface area contributed by atoms with E-state index in [-0.39, 0.29) is 11.7 Å². The number of halogens is 3. The summed E-state index contributed by atoms with van der Waals surface area (Å²) in [6.07, 6.45) is 0.242. The normalized spacial score (nSPS) is 19.5. The Hall–Kier alpha value is -3.08. The van der Waals surface area contributed by atoms with Crippen molar-refractivity contribution >= 4 is 5.78 Å². The largest absolute Gasteiger partial charge is 0.493 e. The second kappa shape index (κ2) is 12.6. The minimum atomic E-state index is -4.34. The van der Waals surface area contributed by atoms with E-state index in [2.05, 4.69) is 4.90 Å². The van der Waals surface area contributed by atoms with Crippen molar-refractivity contribution in [2.75, 3.05) is 46.9 Å². The number of benzene rings is 2. The van der Waals surface area contributed by atoms with Gasteiger partial charge in [0.2, 0.25) is 0 Å². The maximum atomic E-state index is 12.8. The molecule has 2 aliphatic rings. The molecule has 2 aromatic rings. The van der Waals surface area contributed by atoms with E-state index in [0.29, 0.717) is 62.6 Å². The molecule has 1 atom stereocenters. The lowest BCUT2D eigenvalue weighted by atomic mass is 9.84. The van der Waals surface area contributed by atoms with Crippen LogP contribution in [0.5, 0.6) is 11.5 Å². The van der Waals surface area contributed by atoms with Gasteiger partial charge in [0.1, 0.15) is 0 Å². The van der Waals surface area contributed by atoms with Crippen LogP contribution in [0.1, 0.15) is 53.1 Å². The van der Waals surface area contributed by atoms with E-state index in [1.807, 2.05) is 4.90 Å². The van der Waals surface area contributed by atoms with Gasteiger partial charge >= 0.3 is 6.18 Å². The number of carbonyl (C=O) groups is 1. The molecule has 0 amide bonds. The van der Waals surface area contributed by atoms with Gasteiger partial charge in [-0.2, -0.15) is 13.2 Å². The van der Waals surface area contributed by atoms with Gasteiger partial charge in [0.25, 0.3) is 0 Å². The molecule has 2 fully saturated rings. The summed E-state index contributed by atoms with van der Waals surface area (Å²) >= 11 is 0. The quantitative estimate of drug-likeness (QED) is 0.344. The third kappa shape index (κ3) is 7.16. The standard InChI is InChI=1S/C30H37F3N2O5/c1-39-26-8-5-23(19-27(26)40-2)25(36)11-16-34-17-12-29(38,13-18-34)28(37)20-35-14-9-22(10-15-35)21-3-6-24(7-4-21)30(31,32)33/h3-8,11,16,19,22,28,37-38H,9-10,12-15,17-18,20H2,1-2H3. The number of rotatable bonds is 9. The number of nitrogens with zero attached hydrogens (tertiary/aromatic N) is 2. The molecule has 0 saturated carbocycles. The molecule has 0 spiro atoms. The van der Waals surface area contributed by atoms with Gasteiger partial charge in [0.05, 0.1) is 31.5 Å². The van der Waals surface area contributed by atoms with Crippen LogP contribution >= 0.6 is 0 Å². The van der Waals surface area contributed by atoms with Crippen molar-refractivity contribution in [3.63, 3.8) is 0 Å². The third-order valence-electron chi connectivity index (χ3n) is 8.12. The van der Waals surface area contributed by atoms with Gasteiger partial charge in [0, 0.05) is 37.5 Å². The Morgan fingerprint density at radius 2 is 1.65 bits per heavy atom. The molecule has 10 heteroatoms. The van der Waals surface area contributed by atoms with Gasteiger partial charge in [-0.15, -0.1) is 0 Å². The monoisotopic (exact) mass is 562 g/mol. The number of carbonyl (C=O) groups excluding carboxylic acids is 1. The SMILES string of the molecule is COc1ccc(C(=O)C=CN2CCC(O)(C(O)CN3CCC(c4ccc(C(F)(F)F)cc4)CC3)CC2)cc1OC. The first-order chi connectivity index (χ1) is 19.0. The second-order valence-electron chi connectivity index (χ2n) is 10.6. The van der Waals surface area contributed by atoms with Crippen molar-refractivity contribution in [3.8, 4) is 11.5 Å². The van der Waals surface area contributed by atoms with E-state index >= 15 is 0 Å². The Bertz CT molecular complexity index is 1170. The molecular formula is C30H37F3N2O5. The molecule has 0 aromatic heterocycles. The smallest absolute Gasteiger partial charge is 0.416 e. The number of hydrogen-bond acceptors (Lipinski definition) is 7. The number of allylic oxidation sites excluding steroid dienone is 1. The molecule has 2 aromatic carbocycles. The molecule has 0 bridgehead atoms. The number of β-amino-alcohol motifs (C(OH)–C–C–N with tert-alkyl or cyclic N) is 1. The highest BCUT2D eigenvalue weighted by atomic mass is 19.4. The summed E-state index contributed by atoms with van der Waals surface area (Å²) in [7, 11) is 3.04. The lowest BCUT2D eigenvalue weighted by molar-refractivity contribution is -0.137. The van der Waals surface area contributed by atoms with Crippen LogP contribution in [-0.4, -0.2) is 84.4 Å². The summed E-state index contributed by atoms with van der Waals surface area (Å²) in [6.45, 7) is 2.74. The molecule has 1 unspecified atom stereocenters. The summed E-state index contributed by atoms with van der Waals surface area (Å²) in [4.78, 5) is 16.7. The number of piperidine rings is 2. The van der Waals surface area contributed by atoms with Gasteiger partial charge in [-0.3, -0.25) is 4.79 Å². The van der Waals surface area contributed by atoms with Gasteiger partial charge in [0.15, 0.2) is 17.3 Å². The number of likely N-dealkylation sites (tertiary alicyclic amines) is 2. The summed E-state index contributed by atoms with van der Waals surface area (Å²) in [6, 6.07) is 10.4. The average Bonchev–Trinajstić information content (AvgIpc) is 2.96. The average molecular weight is 563 g/mol. The minimum absolute atomic E-state index is 0.176. The number of methoxy groups -OCH3 is 2. The maximum absolute atomic E-state index is 12.8. The Morgan fingerprint density at radius 1 is 1.02 bits per heavy atom. The Kier molecular flexibility index (Phi) is 9.43. The van der Waals surface area contributed by atoms with Gasteiger partial charge in [-0.1, -0.05) is 12.1 Å². The van der Waals surface area contributed by atoms with Crippen molar-refractivity contribution in [1.82, 2.24) is 9.80 Å². The lowest BCUT2D eigenvalue weighted by Gasteiger charge is -2.43. The number of aliphatic hydroxyl groups is 2. The first kappa shape index (κ1) is 29.9. The fourth-order valence-electron chi connectivity index (χ4n) is 5.46. The number of ether oxygens (including phenoxy) is 2. The van der Waals surface area contributed by atoms with E-state index in [1.165, 1.54) is 20.3 Å². The van der Waals surface area contributed by atoms with Gasteiger partial charge in [-0.05, 0) is 80.6 Å². The van der Waals surface area contributed by atoms with Crippen molar-refractivity contribution < 1.29 is 37.7 Å². The van der Waals surface area contributed by atoms with Crippen LogP contribution in [-0.2, 0) is 6.18 Å². The number of alkyl halides is 3. The molecule has 2 saturated heterocycles. The van der Waals surface area contributed by atoms with Crippen LogP contribution < -0.4 is 9.47 Å². The van der Waals surface area contributed by atoms with Crippen molar-refractivity contribution in [2.45, 2.75) is 49.5 Å². The Morgan fingerprint density at radius 3 is 2.23 bits per heavy atom. The molecule has 2 aliphatic heterocycles. The van der Waals surface area contributed by atoms with E-state index in [0.717, 1.165) is 30.5 Å².